The van der Waals surface area contributed by atoms with Crippen molar-refractivity contribution in [3.63, 3.8) is 0 Å². The Kier molecular flexibility index (Phi) is 4.53. The summed E-state index contributed by atoms with van der Waals surface area (Å²) in [5.41, 5.74) is 3.01. The summed E-state index contributed by atoms with van der Waals surface area (Å²) < 4.78 is 1.97. The number of aryl methyl sites for hydroxylation is 2. The van der Waals surface area contributed by atoms with Crippen LogP contribution in [0.15, 0.2) is 24.5 Å². The van der Waals surface area contributed by atoms with Gasteiger partial charge in [-0.05, 0) is 70.3 Å². The number of fused-ring (bicyclic) bond motifs is 1. The molecule has 1 aliphatic carbocycles. The Morgan fingerprint density at radius 2 is 2.04 bits per heavy atom. The number of nitrogens with zero attached hydrogens (tertiary/aromatic N) is 4. The summed E-state index contributed by atoms with van der Waals surface area (Å²) in [5, 5.41) is 7.48. The molecule has 1 fully saturated rings. The van der Waals surface area contributed by atoms with Gasteiger partial charge < -0.3 is 10.2 Å². The monoisotopic (exact) mass is 339 g/mol. The van der Waals surface area contributed by atoms with Crippen LogP contribution in [-0.4, -0.2) is 45.7 Å². The van der Waals surface area contributed by atoms with Crippen molar-refractivity contribution in [2.45, 2.75) is 44.6 Å². The van der Waals surface area contributed by atoms with E-state index in [0.717, 1.165) is 50.3 Å². The summed E-state index contributed by atoms with van der Waals surface area (Å²) in [6.07, 6.45) is 10.0. The minimum Gasteiger partial charge on any atom is -0.307 e. The Bertz CT molecular complexity index is 761. The molecule has 0 atom stereocenters. The molecule has 0 bridgehead atoms. The minimum atomic E-state index is -0.101. The molecule has 2 aromatic heterocycles. The molecule has 6 heteroatoms. The molecule has 6 nitrogen and oxygen atoms in total. The maximum atomic E-state index is 12.7. The summed E-state index contributed by atoms with van der Waals surface area (Å²) in [5.74, 6) is 0.674. The number of piperidine rings is 1. The van der Waals surface area contributed by atoms with Crippen LogP contribution in [0.1, 0.15) is 53.3 Å². The number of hydrogen-bond acceptors (Lipinski definition) is 4. The van der Waals surface area contributed by atoms with Crippen LogP contribution in [0.25, 0.3) is 0 Å². The summed E-state index contributed by atoms with van der Waals surface area (Å²) in [6, 6.07) is 4.23. The zero-order valence-electron chi connectivity index (χ0n) is 14.7. The molecule has 2 aromatic rings. The maximum Gasteiger partial charge on any atom is 0.258 e. The number of carbonyl (C=O) groups is 1. The van der Waals surface area contributed by atoms with Crippen molar-refractivity contribution >= 4 is 11.7 Å². The van der Waals surface area contributed by atoms with Crippen LogP contribution in [0.5, 0.6) is 0 Å². The molecule has 132 valence electrons. The molecule has 25 heavy (non-hydrogen) atoms. The van der Waals surface area contributed by atoms with Crippen LogP contribution in [0.3, 0.4) is 0 Å². The van der Waals surface area contributed by atoms with E-state index in [0.29, 0.717) is 11.6 Å². The zero-order valence-corrected chi connectivity index (χ0v) is 14.7. The molecule has 0 unspecified atom stereocenters. The predicted octanol–water partition coefficient (Wildman–Crippen LogP) is 2.68. The highest BCUT2D eigenvalue weighted by Crippen LogP contribution is 2.25. The SMILES string of the molecule is CN1CCC(n2nccc2NC(=O)c2cnc3c(c2)CCCC3)CC1. The van der Waals surface area contributed by atoms with Crippen molar-refractivity contribution in [3.05, 3.63) is 41.3 Å². The van der Waals surface area contributed by atoms with Crippen molar-refractivity contribution in [1.82, 2.24) is 19.7 Å². The van der Waals surface area contributed by atoms with E-state index in [2.05, 4.69) is 27.3 Å². The first-order chi connectivity index (χ1) is 12.2. The van der Waals surface area contributed by atoms with Gasteiger partial charge in [0.15, 0.2) is 0 Å². The third kappa shape index (κ3) is 3.44. The van der Waals surface area contributed by atoms with Crippen LogP contribution < -0.4 is 5.32 Å². The summed E-state index contributed by atoms with van der Waals surface area (Å²) >= 11 is 0. The number of rotatable bonds is 3. The van der Waals surface area contributed by atoms with Crippen molar-refractivity contribution in [1.29, 1.82) is 0 Å². The Balaban J connectivity index is 1.49. The lowest BCUT2D eigenvalue weighted by atomic mass is 9.95. The number of anilines is 1. The fourth-order valence-electron chi connectivity index (χ4n) is 3.84. The molecular formula is C19H25N5O. The second kappa shape index (κ2) is 6.96. The minimum absolute atomic E-state index is 0.101. The largest absolute Gasteiger partial charge is 0.307 e. The second-order valence-electron chi connectivity index (χ2n) is 7.19. The normalized spacial score (nSPS) is 18.8. The van der Waals surface area contributed by atoms with Crippen LogP contribution in [0.4, 0.5) is 5.82 Å². The molecule has 1 N–H and O–H groups in total. The van der Waals surface area contributed by atoms with Gasteiger partial charge in [-0.2, -0.15) is 5.10 Å². The molecule has 4 rings (SSSR count). The quantitative estimate of drug-likeness (QED) is 0.934. The van der Waals surface area contributed by atoms with Crippen LogP contribution in [0.2, 0.25) is 0 Å². The van der Waals surface area contributed by atoms with Gasteiger partial charge in [0.2, 0.25) is 0 Å². The van der Waals surface area contributed by atoms with E-state index in [4.69, 9.17) is 0 Å². The predicted molar refractivity (Wildman–Crippen MR) is 96.8 cm³/mol. The van der Waals surface area contributed by atoms with E-state index in [1.165, 1.54) is 18.4 Å². The standard InChI is InChI=1S/C19H25N5O/c1-23-10-7-16(8-11-23)24-18(6-9-21-24)22-19(25)15-12-14-4-2-3-5-17(14)20-13-15/h6,9,12-13,16H,2-5,7-8,10-11H2,1H3,(H,22,25). The van der Waals surface area contributed by atoms with Crippen LogP contribution in [-0.2, 0) is 12.8 Å². The van der Waals surface area contributed by atoms with E-state index in [1.54, 1.807) is 12.4 Å². The van der Waals surface area contributed by atoms with Gasteiger partial charge >= 0.3 is 0 Å². The summed E-state index contributed by atoms with van der Waals surface area (Å²) in [7, 11) is 2.14. The Morgan fingerprint density at radius 1 is 1.24 bits per heavy atom. The third-order valence-corrected chi connectivity index (χ3v) is 5.38. The number of aromatic nitrogens is 3. The highest BCUT2D eigenvalue weighted by Gasteiger charge is 2.22. The molecular weight excluding hydrogens is 314 g/mol. The topological polar surface area (TPSA) is 63.1 Å². The van der Waals surface area contributed by atoms with Gasteiger partial charge in [-0.3, -0.25) is 9.78 Å². The van der Waals surface area contributed by atoms with E-state index in [1.807, 2.05) is 16.8 Å². The van der Waals surface area contributed by atoms with Gasteiger partial charge in [0.05, 0.1) is 17.8 Å². The number of amides is 1. The van der Waals surface area contributed by atoms with Gasteiger partial charge in [0, 0.05) is 18.0 Å². The fraction of sp³-hybridized carbons (Fsp3) is 0.526. The third-order valence-electron chi connectivity index (χ3n) is 5.38. The van der Waals surface area contributed by atoms with E-state index in [9.17, 15) is 4.79 Å². The molecule has 0 spiro atoms. The van der Waals surface area contributed by atoms with Gasteiger partial charge in [-0.15, -0.1) is 0 Å². The molecule has 2 aliphatic rings. The van der Waals surface area contributed by atoms with E-state index < -0.39 is 0 Å². The van der Waals surface area contributed by atoms with Gasteiger partial charge in [0.25, 0.3) is 5.91 Å². The van der Waals surface area contributed by atoms with E-state index >= 15 is 0 Å². The molecule has 1 amide bonds. The van der Waals surface area contributed by atoms with E-state index in [-0.39, 0.29) is 5.91 Å². The second-order valence-corrected chi connectivity index (χ2v) is 7.19. The Labute approximate surface area is 148 Å². The van der Waals surface area contributed by atoms with Gasteiger partial charge in [-0.1, -0.05) is 0 Å². The van der Waals surface area contributed by atoms with Crippen LogP contribution in [0, 0.1) is 0 Å². The fourth-order valence-corrected chi connectivity index (χ4v) is 3.84. The lowest BCUT2D eigenvalue weighted by Crippen LogP contribution is -2.32. The Morgan fingerprint density at radius 3 is 2.88 bits per heavy atom. The lowest BCUT2D eigenvalue weighted by molar-refractivity contribution is 0.102. The molecule has 3 heterocycles. The molecule has 1 aliphatic heterocycles. The highest BCUT2D eigenvalue weighted by molar-refractivity contribution is 6.03. The molecule has 0 aromatic carbocycles. The van der Waals surface area contributed by atoms with Crippen molar-refractivity contribution in [3.8, 4) is 0 Å². The number of pyridine rings is 1. The van der Waals surface area contributed by atoms with Gasteiger partial charge in [-0.25, -0.2) is 4.68 Å². The number of carbonyl (C=O) groups excluding carboxylic acids is 1. The molecule has 0 radical (unpaired) electrons. The zero-order chi connectivity index (χ0) is 17.2. The first kappa shape index (κ1) is 16.3. The lowest BCUT2D eigenvalue weighted by Gasteiger charge is -2.30. The smallest absolute Gasteiger partial charge is 0.258 e. The Hall–Kier alpha value is -2.21. The first-order valence-electron chi connectivity index (χ1n) is 9.22. The maximum absolute atomic E-state index is 12.7. The van der Waals surface area contributed by atoms with Crippen molar-refractivity contribution < 1.29 is 4.79 Å². The average molecular weight is 339 g/mol. The van der Waals surface area contributed by atoms with Gasteiger partial charge in [0.1, 0.15) is 5.82 Å². The molecule has 0 saturated carbocycles. The first-order valence-corrected chi connectivity index (χ1v) is 9.22. The number of nitrogens with one attached hydrogen (secondary N) is 1. The van der Waals surface area contributed by atoms with Crippen LogP contribution >= 0.6 is 0 Å². The summed E-state index contributed by atoms with van der Waals surface area (Å²) in [6.45, 7) is 2.12. The van der Waals surface area contributed by atoms with Crippen molar-refractivity contribution in [2.75, 3.05) is 25.5 Å². The number of hydrogen-bond donors (Lipinski definition) is 1. The summed E-state index contributed by atoms with van der Waals surface area (Å²) in [4.78, 5) is 19.5. The average Bonchev–Trinajstić information content (AvgIpc) is 3.10. The number of likely N-dealkylation sites (tertiary alicyclic amines) is 1. The van der Waals surface area contributed by atoms with Crippen molar-refractivity contribution in [2.24, 2.45) is 0 Å². The molecule has 1 saturated heterocycles. The highest BCUT2D eigenvalue weighted by atomic mass is 16.1.